The van der Waals surface area contributed by atoms with E-state index in [1.165, 1.54) is 6.07 Å². The van der Waals surface area contributed by atoms with Crippen LogP contribution in [0.4, 0.5) is 13.2 Å². The Bertz CT molecular complexity index is 951. The Hall–Kier alpha value is -2.39. The van der Waals surface area contributed by atoms with Crippen LogP contribution in [0, 0.1) is 0 Å². The molecule has 4 rings (SSSR count). The predicted octanol–water partition coefficient (Wildman–Crippen LogP) is 3.15. The molecule has 28 heavy (non-hydrogen) atoms. The summed E-state index contributed by atoms with van der Waals surface area (Å²) in [4.78, 5) is 37.8. The maximum atomic E-state index is 13.1. The van der Waals surface area contributed by atoms with Crippen LogP contribution < -0.4 is 0 Å². The first kappa shape index (κ1) is 18.9. The van der Waals surface area contributed by atoms with Gasteiger partial charge in [0.15, 0.2) is 17.7 Å². The molecule has 2 aliphatic heterocycles. The lowest BCUT2D eigenvalue weighted by molar-refractivity contribution is -0.144. The number of halogens is 4. The predicted molar refractivity (Wildman–Crippen MR) is 87.3 cm³/mol. The second-order valence-electron chi connectivity index (χ2n) is 6.73. The molecule has 1 saturated heterocycles. The minimum atomic E-state index is -4.51. The Morgan fingerprint density at radius 1 is 1.11 bits per heavy atom. The largest absolute Gasteiger partial charge is 0.507 e. The first-order chi connectivity index (χ1) is 13.1. The third kappa shape index (κ3) is 2.89. The number of phenols is 1. The van der Waals surface area contributed by atoms with Crippen LogP contribution in [0.25, 0.3) is 0 Å². The van der Waals surface area contributed by atoms with Gasteiger partial charge in [-0.15, -0.1) is 0 Å². The fraction of sp³-hybridized carbons (Fsp3) is 0.389. The molecule has 3 atom stereocenters. The van der Waals surface area contributed by atoms with E-state index in [0.717, 1.165) is 6.07 Å². The van der Waals surface area contributed by atoms with Crippen molar-refractivity contribution in [1.29, 1.82) is 0 Å². The van der Waals surface area contributed by atoms with E-state index < -0.39 is 60.6 Å². The zero-order chi connectivity index (χ0) is 20.4. The molecule has 1 aliphatic carbocycles. The molecule has 0 bridgehead atoms. The fourth-order valence-corrected chi connectivity index (χ4v) is 4.06. The quantitative estimate of drug-likeness (QED) is 0.745. The van der Waals surface area contributed by atoms with Gasteiger partial charge in [-0.25, -0.2) is 0 Å². The SMILES string of the molecule is O=C1C[C@H]2O[C@@H](CCC(F)(F)F)C3=C(C(=O)c4c(Cl)ccc(O)c4C3=O)[C@H]2O1. The van der Waals surface area contributed by atoms with Gasteiger partial charge in [0.1, 0.15) is 11.9 Å². The molecule has 1 aromatic rings. The summed E-state index contributed by atoms with van der Waals surface area (Å²) in [5.74, 6) is -2.84. The summed E-state index contributed by atoms with van der Waals surface area (Å²) < 4.78 is 48.9. The third-order valence-corrected chi connectivity index (χ3v) is 5.28. The van der Waals surface area contributed by atoms with Gasteiger partial charge in [-0.05, 0) is 18.6 Å². The summed E-state index contributed by atoms with van der Waals surface area (Å²) in [7, 11) is 0. The molecule has 2 heterocycles. The highest BCUT2D eigenvalue weighted by atomic mass is 35.5. The number of ether oxygens (including phenoxy) is 2. The van der Waals surface area contributed by atoms with Gasteiger partial charge in [0, 0.05) is 12.0 Å². The second kappa shape index (κ2) is 6.31. The number of phenolic OH excluding ortho intramolecular Hbond substituents is 1. The number of carbonyl (C=O) groups excluding carboxylic acids is 3. The monoisotopic (exact) mass is 416 g/mol. The molecule has 3 aliphatic rings. The molecule has 148 valence electrons. The topological polar surface area (TPSA) is 89.9 Å². The Kier molecular flexibility index (Phi) is 4.27. The van der Waals surface area contributed by atoms with Gasteiger partial charge in [0.05, 0.1) is 34.2 Å². The first-order valence-electron chi connectivity index (χ1n) is 8.35. The number of hydrogen-bond donors (Lipinski definition) is 1. The summed E-state index contributed by atoms with van der Waals surface area (Å²) in [6, 6.07) is 2.34. The van der Waals surface area contributed by atoms with E-state index >= 15 is 0 Å². The van der Waals surface area contributed by atoms with Gasteiger partial charge in [0.2, 0.25) is 0 Å². The van der Waals surface area contributed by atoms with Gasteiger partial charge < -0.3 is 14.6 Å². The van der Waals surface area contributed by atoms with Crippen LogP contribution in [-0.2, 0) is 14.3 Å². The molecule has 0 radical (unpaired) electrons. The third-order valence-electron chi connectivity index (χ3n) is 4.97. The van der Waals surface area contributed by atoms with E-state index in [1.54, 1.807) is 0 Å². The van der Waals surface area contributed by atoms with Gasteiger partial charge >= 0.3 is 12.1 Å². The number of hydrogen-bond acceptors (Lipinski definition) is 6. The van der Waals surface area contributed by atoms with Crippen LogP contribution in [0.5, 0.6) is 5.75 Å². The van der Waals surface area contributed by atoms with Crippen molar-refractivity contribution in [2.75, 3.05) is 0 Å². The molecular weight excluding hydrogens is 405 g/mol. The maximum Gasteiger partial charge on any atom is 0.389 e. The van der Waals surface area contributed by atoms with E-state index in [0.29, 0.717) is 0 Å². The van der Waals surface area contributed by atoms with Crippen molar-refractivity contribution in [3.05, 3.63) is 39.4 Å². The van der Waals surface area contributed by atoms with Gasteiger partial charge in [-0.2, -0.15) is 13.2 Å². The molecular formula is C18H12ClF3O6. The molecule has 0 unspecified atom stereocenters. The zero-order valence-corrected chi connectivity index (χ0v) is 14.8. The highest BCUT2D eigenvalue weighted by molar-refractivity contribution is 6.39. The summed E-state index contributed by atoms with van der Waals surface area (Å²) >= 11 is 6.04. The van der Waals surface area contributed by atoms with Crippen molar-refractivity contribution in [3.8, 4) is 5.75 Å². The number of carbonyl (C=O) groups is 3. The number of esters is 1. The highest BCUT2D eigenvalue weighted by Crippen LogP contribution is 2.45. The average molecular weight is 417 g/mol. The van der Waals surface area contributed by atoms with Gasteiger partial charge in [-0.1, -0.05) is 11.6 Å². The molecule has 10 heteroatoms. The Balaban J connectivity index is 1.87. The summed E-state index contributed by atoms with van der Waals surface area (Å²) in [5.41, 5.74) is -1.20. The van der Waals surface area contributed by atoms with Gasteiger partial charge in [-0.3, -0.25) is 14.4 Å². The van der Waals surface area contributed by atoms with Crippen molar-refractivity contribution in [3.63, 3.8) is 0 Å². The van der Waals surface area contributed by atoms with E-state index in [2.05, 4.69) is 0 Å². The molecule has 0 aromatic heterocycles. The van der Waals surface area contributed by atoms with Crippen molar-refractivity contribution in [1.82, 2.24) is 0 Å². The van der Waals surface area contributed by atoms with Crippen molar-refractivity contribution in [2.24, 2.45) is 0 Å². The van der Waals surface area contributed by atoms with Crippen LogP contribution in [0.1, 0.15) is 40.0 Å². The zero-order valence-electron chi connectivity index (χ0n) is 14.0. The number of fused-ring (bicyclic) bond motifs is 3. The minimum Gasteiger partial charge on any atom is -0.507 e. The van der Waals surface area contributed by atoms with E-state index in [4.69, 9.17) is 21.1 Å². The lowest BCUT2D eigenvalue weighted by atomic mass is 9.76. The first-order valence-corrected chi connectivity index (χ1v) is 8.73. The summed E-state index contributed by atoms with van der Waals surface area (Å²) in [6.07, 6.45) is -10.2. The lowest BCUT2D eigenvalue weighted by Gasteiger charge is -2.37. The molecule has 0 amide bonds. The molecule has 1 fully saturated rings. The van der Waals surface area contributed by atoms with E-state index in [1.807, 2.05) is 0 Å². The van der Waals surface area contributed by atoms with Crippen molar-refractivity contribution in [2.45, 2.75) is 43.8 Å². The van der Waals surface area contributed by atoms with E-state index in [9.17, 15) is 32.7 Å². The molecule has 1 N–H and O–H groups in total. The number of benzene rings is 1. The average Bonchev–Trinajstić information content (AvgIpc) is 2.97. The number of Topliss-reactive ketones (excluding diaryl/α,β-unsaturated/α-hetero) is 2. The number of rotatable bonds is 2. The Morgan fingerprint density at radius 2 is 1.79 bits per heavy atom. The van der Waals surface area contributed by atoms with Crippen LogP contribution >= 0.6 is 11.6 Å². The van der Waals surface area contributed by atoms with Crippen molar-refractivity contribution >= 4 is 29.1 Å². The van der Waals surface area contributed by atoms with E-state index in [-0.39, 0.29) is 33.7 Å². The summed E-state index contributed by atoms with van der Waals surface area (Å²) in [6.45, 7) is 0. The maximum absolute atomic E-state index is 13.1. The molecule has 0 spiro atoms. The minimum absolute atomic E-state index is 0.100. The second-order valence-corrected chi connectivity index (χ2v) is 7.14. The van der Waals surface area contributed by atoms with Crippen LogP contribution in [0.15, 0.2) is 23.3 Å². The van der Waals surface area contributed by atoms with Crippen LogP contribution in [0.3, 0.4) is 0 Å². The van der Waals surface area contributed by atoms with Crippen molar-refractivity contribution < 1.29 is 42.1 Å². The Labute approximate surface area is 160 Å². The number of alkyl halides is 3. The number of ketones is 2. The number of aromatic hydroxyl groups is 1. The lowest BCUT2D eigenvalue weighted by Crippen LogP contribution is -2.45. The Morgan fingerprint density at radius 3 is 2.46 bits per heavy atom. The molecule has 1 aromatic carbocycles. The van der Waals surface area contributed by atoms with Gasteiger partial charge in [0.25, 0.3) is 0 Å². The standard InChI is InChI=1S/C18H12ClF3O6/c19-6-1-2-7(23)12-11(6)15(25)14-13(16(12)26)8(3-4-18(20,21)22)27-9-5-10(24)28-17(9)14/h1-2,8-9,17,23H,3-5H2/t8-,9+,17-/m0/s1. The fourth-order valence-electron chi connectivity index (χ4n) is 3.82. The van der Waals surface area contributed by atoms with Crippen LogP contribution in [-0.4, -0.2) is 47.1 Å². The molecule has 6 nitrogen and oxygen atoms in total. The normalized spacial score (nSPS) is 26.7. The smallest absolute Gasteiger partial charge is 0.389 e. The summed E-state index contributed by atoms with van der Waals surface area (Å²) in [5, 5.41) is 9.97. The van der Waals surface area contributed by atoms with Crippen LogP contribution in [0.2, 0.25) is 5.02 Å². The molecule has 0 saturated carbocycles. The highest BCUT2D eigenvalue weighted by Gasteiger charge is 2.53.